The SMILES string of the molecule is [O]C(=O)C(Cl)(Cl)CCl. The Kier molecular flexibility index (Phi) is 2.88. The van der Waals surface area contributed by atoms with E-state index < -0.39 is 10.3 Å². The molecule has 0 rings (SSSR count). The molecule has 0 aliphatic carbocycles. The van der Waals surface area contributed by atoms with Gasteiger partial charge in [-0.05, 0) is 0 Å². The third-order valence-corrected chi connectivity index (χ3v) is 1.72. The van der Waals surface area contributed by atoms with Crippen LogP contribution in [0.2, 0.25) is 0 Å². The predicted octanol–water partition coefficient (Wildman–Crippen LogP) is 1.36. The maximum absolute atomic E-state index is 9.79. The number of halogens is 3. The second-order valence-electron chi connectivity index (χ2n) is 1.13. The van der Waals surface area contributed by atoms with Crippen molar-refractivity contribution in [2.24, 2.45) is 0 Å². The molecule has 0 aliphatic heterocycles. The lowest BCUT2D eigenvalue weighted by Gasteiger charge is -2.04. The van der Waals surface area contributed by atoms with Crippen molar-refractivity contribution in [3.63, 3.8) is 0 Å². The zero-order valence-electron chi connectivity index (χ0n) is 3.66. The minimum atomic E-state index is -1.94. The summed E-state index contributed by atoms with van der Waals surface area (Å²) in [7, 11) is 0. The van der Waals surface area contributed by atoms with Gasteiger partial charge in [0, 0.05) is 0 Å². The van der Waals surface area contributed by atoms with Crippen molar-refractivity contribution in [3.05, 3.63) is 0 Å². The fourth-order valence-corrected chi connectivity index (χ4v) is 0.164. The van der Waals surface area contributed by atoms with Gasteiger partial charge in [0.05, 0.1) is 5.88 Å². The van der Waals surface area contributed by atoms with Gasteiger partial charge in [0.15, 0.2) is 0 Å². The molecule has 5 heteroatoms. The van der Waals surface area contributed by atoms with Crippen LogP contribution >= 0.6 is 34.8 Å². The summed E-state index contributed by atoms with van der Waals surface area (Å²) in [6.45, 7) is 0. The third kappa shape index (κ3) is 2.07. The zero-order chi connectivity index (χ0) is 6.78. The summed E-state index contributed by atoms with van der Waals surface area (Å²) in [5, 5.41) is 9.79. The Bertz CT molecular complexity index is 101. The summed E-state index contributed by atoms with van der Waals surface area (Å²) in [5.41, 5.74) is 0. The second-order valence-corrected chi connectivity index (χ2v) is 2.88. The van der Waals surface area contributed by atoms with Gasteiger partial charge in [-0.15, -0.1) is 11.6 Å². The average Bonchev–Trinajstić information content (AvgIpc) is 1.67. The van der Waals surface area contributed by atoms with Crippen molar-refractivity contribution >= 4 is 40.8 Å². The van der Waals surface area contributed by atoms with Crippen LogP contribution in [-0.4, -0.2) is 16.2 Å². The summed E-state index contributed by atoms with van der Waals surface area (Å²) < 4.78 is -1.94. The van der Waals surface area contributed by atoms with Gasteiger partial charge in [-0.1, -0.05) is 23.2 Å². The van der Waals surface area contributed by atoms with E-state index in [0.29, 0.717) is 0 Å². The first kappa shape index (κ1) is 8.34. The average molecular weight is 176 g/mol. The summed E-state index contributed by atoms with van der Waals surface area (Å²) >= 11 is 15.1. The molecular formula is C3H2Cl3O2. The maximum Gasteiger partial charge on any atom is 0.392 e. The zero-order valence-corrected chi connectivity index (χ0v) is 5.93. The van der Waals surface area contributed by atoms with Crippen LogP contribution in [0.3, 0.4) is 0 Å². The monoisotopic (exact) mass is 175 g/mol. The van der Waals surface area contributed by atoms with Crippen LogP contribution in [-0.2, 0) is 9.90 Å². The van der Waals surface area contributed by atoms with Crippen molar-refractivity contribution in [3.8, 4) is 0 Å². The van der Waals surface area contributed by atoms with Crippen molar-refractivity contribution in [1.82, 2.24) is 0 Å². The quantitative estimate of drug-likeness (QED) is 0.585. The highest BCUT2D eigenvalue weighted by molar-refractivity contribution is 6.59. The minimum Gasteiger partial charge on any atom is -0.244 e. The number of rotatable bonds is 2. The van der Waals surface area contributed by atoms with Crippen molar-refractivity contribution in [2.75, 3.05) is 5.88 Å². The molecule has 0 aromatic carbocycles. The lowest BCUT2D eigenvalue weighted by atomic mass is 10.5. The molecule has 0 saturated carbocycles. The van der Waals surface area contributed by atoms with E-state index in [4.69, 9.17) is 34.8 Å². The van der Waals surface area contributed by atoms with E-state index >= 15 is 0 Å². The minimum absolute atomic E-state index is 0.377. The molecule has 0 saturated heterocycles. The van der Waals surface area contributed by atoms with Gasteiger partial charge in [-0.25, -0.2) is 9.90 Å². The Labute approximate surface area is 61.3 Å². The topological polar surface area (TPSA) is 37.0 Å². The third-order valence-electron chi connectivity index (χ3n) is 0.466. The Morgan fingerprint density at radius 3 is 1.88 bits per heavy atom. The predicted molar refractivity (Wildman–Crippen MR) is 30.9 cm³/mol. The first-order valence-corrected chi connectivity index (χ1v) is 2.95. The molecule has 2 nitrogen and oxygen atoms in total. The van der Waals surface area contributed by atoms with Crippen LogP contribution in [0.1, 0.15) is 0 Å². The molecule has 0 atom stereocenters. The fraction of sp³-hybridized carbons (Fsp3) is 0.667. The molecule has 0 fully saturated rings. The standard InChI is InChI=1S/C3H2Cl3O2/c4-1-3(5,6)2(7)8/h1H2. The molecule has 8 heavy (non-hydrogen) atoms. The fourth-order valence-electron chi connectivity index (χ4n) is 0.0546. The molecule has 1 radical (unpaired) electrons. The van der Waals surface area contributed by atoms with Crippen LogP contribution in [0, 0.1) is 0 Å². The van der Waals surface area contributed by atoms with E-state index in [1.165, 1.54) is 0 Å². The van der Waals surface area contributed by atoms with Gasteiger partial charge in [0.2, 0.25) is 4.33 Å². The van der Waals surface area contributed by atoms with Crippen LogP contribution in [0.4, 0.5) is 0 Å². The Balaban J connectivity index is 3.91. The van der Waals surface area contributed by atoms with Gasteiger partial charge >= 0.3 is 5.97 Å². The van der Waals surface area contributed by atoms with Crippen LogP contribution in [0.5, 0.6) is 0 Å². The maximum atomic E-state index is 9.79. The largest absolute Gasteiger partial charge is 0.392 e. The van der Waals surface area contributed by atoms with Crippen LogP contribution in [0.25, 0.3) is 0 Å². The Hall–Kier alpha value is 0.340. The lowest BCUT2D eigenvalue weighted by molar-refractivity contribution is -0.143. The highest BCUT2D eigenvalue weighted by Gasteiger charge is 2.34. The van der Waals surface area contributed by atoms with Crippen LogP contribution in [0.15, 0.2) is 0 Å². The van der Waals surface area contributed by atoms with E-state index in [0.717, 1.165) is 0 Å². The van der Waals surface area contributed by atoms with Gasteiger partial charge in [0.1, 0.15) is 0 Å². The molecule has 0 aromatic rings. The van der Waals surface area contributed by atoms with E-state index in [1.807, 2.05) is 0 Å². The number of carbonyl (C=O) groups is 1. The van der Waals surface area contributed by atoms with Crippen molar-refractivity contribution in [2.45, 2.75) is 4.33 Å². The molecule has 0 bridgehead atoms. The summed E-state index contributed by atoms with van der Waals surface area (Å²) in [6.07, 6.45) is 0. The second kappa shape index (κ2) is 2.76. The van der Waals surface area contributed by atoms with Crippen molar-refractivity contribution in [1.29, 1.82) is 0 Å². The Morgan fingerprint density at radius 1 is 1.50 bits per heavy atom. The number of hydrogen-bond acceptors (Lipinski definition) is 1. The van der Waals surface area contributed by atoms with Gasteiger partial charge in [-0.3, -0.25) is 0 Å². The molecule has 0 amide bonds. The molecule has 0 heterocycles. The van der Waals surface area contributed by atoms with Crippen molar-refractivity contribution < 1.29 is 9.90 Å². The first-order valence-electron chi connectivity index (χ1n) is 1.66. The van der Waals surface area contributed by atoms with Gasteiger partial charge in [-0.2, -0.15) is 0 Å². The highest BCUT2D eigenvalue weighted by atomic mass is 35.5. The normalized spacial score (nSPS) is 11.4. The summed E-state index contributed by atoms with van der Waals surface area (Å²) in [4.78, 5) is 9.79. The molecule has 47 valence electrons. The Morgan fingerprint density at radius 2 is 1.88 bits per heavy atom. The number of hydrogen-bond donors (Lipinski definition) is 0. The van der Waals surface area contributed by atoms with E-state index in [-0.39, 0.29) is 5.88 Å². The van der Waals surface area contributed by atoms with E-state index in [1.54, 1.807) is 0 Å². The smallest absolute Gasteiger partial charge is 0.244 e. The van der Waals surface area contributed by atoms with E-state index in [9.17, 15) is 9.90 Å². The first-order chi connectivity index (χ1) is 3.50. The van der Waals surface area contributed by atoms with Crippen LogP contribution < -0.4 is 0 Å². The molecular weight excluding hydrogens is 174 g/mol. The molecule has 0 N–H and O–H groups in total. The number of carbonyl (C=O) groups excluding carboxylic acids is 1. The molecule has 0 aromatic heterocycles. The van der Waals surface area contributed by atoms with Gasteiger partial charge < -0.3 is 0 Å². The molecule has 0 aliphatic rings. The number of alkyl halides is 3. The summed E-state index contributed by atoms with van der Waals surface area (Å²) in [6, 6.07) is 0. The molecule has 0 unspecified atom stereocenters. The lowest BCUT2D eigenvalue weighted by Crippen LogP contribution is -2.25. The highest BCUT2D eigenvalue weighted by Crippen LogP contribution is 2.22. The van der Waals surface area contributed by atoms with E-state index in [2.05, 4.69) is 0 Å². The molecule has 0 spiro atoms. The van der Waals surface area contributed by atoms with Gasteiger partial charge in [0.25, 0.3) is 0 Å². The summed E-state index contributed by atoms with van der Waals surface area (Å²) in [5.74, 6) is -1.95.